The van der Waals surface area contributed by atoms with Crippen LogP contribution in [0.1, 0.15) is 24.8 Å². The summed E-state index contributed by atoms with van der Waals surface area (Å²) in [6, 6.07) is 12.9. The molecule has 7 heteroatoms. The summed E-state index contributed by atoms with van der Waals surface area (Å²) in [6.07, 6.45) is 2.44. The van der Waals surface area contributed by atoms with Crippen LogP contribution < -0.4 is 10.2 Å². The number of carbonyl (C=O) groups excluding carboxylic acids is 1. The molecule has 2 heterocycles. The van der Waals surface area contributed by atoms with E-state index in [0.717, 1.165) is 30.5 Å². The highest BCUT2D eigenvalue weighted by Gasteiger charge is 2.28. The van der Waals surface area contributed by atoms with Gasteiger partial charge in [-0.1, -0.05) is 29.8 Å². The predicted molar refractivity (Wildman–Crippen MR) is 107 cm³/mol. The summed E-state index contributed by atoms with van der Waals surface area (Å²) >= 11 is 6.02. The second-order valence-corrected chi connectivity index (χ2v) is 7.37. The van der Waals surface area contributed by atoms with Crippen molar-refractivity contribution in [2.24, 2.45) is 0 Å². The second-order valence-electron chi connectivity index (χ2n) is 6.96. The molecule has 1 unspecified atom stereocenters. The molecule has 0 radical (unpaired) electrons. The Bertz CT molecular complexity index is 937. The van der Waals surface area contributed by atoms with Crippen LogP contribution in [0.2, 0.25) is 5.02 Å². The Morgan fingerprint density at radius 2 is 2.14 bits per heavy atom. The van der Waals surface area contributed by atoms with Gasteiger partial charge in [-0.25, -0.2) is 4.39 Å². The first-order valence-electron chi connectivity index (χ1n) is 9.43. The number of carbonyl (C=O) groups is 1. The van der Waals surface area contributed by atoms with Gasteiger partial charge in [0, 0.05) is 30.1 Å². The van der Waals surface area contributed by atoms with E-state index >= 15 is 0 Å². The Balaban J connectivity index is 1.34. The van der Waals surface area contributed by atoms with Crippen LogP contribution in [-0.2, 0) is 11.2 Å². The molecule has 0 saturated carbocycles. The lowest BCUT2D eigenvalue weighted by Crippen LogP contribution is -2.40. The third-order valence-electron chi connectivity index (χ3n) is 5.10. The number of hydrogen-bond donors (Lipinski definition) is 1. The fraction of sp³-hybridized carbons (Fsp3) is 0.333. The normalized spacial score (nSPS) is 16.6. The van der Waals surface area contributed by atoms with Crippen molar-refractivity contribution in [1.29, 1.82) is 0 Å². The van der Waals surface area contributed by atoms with Crippen LogP contribution in [0.3, 0.4) is 0 Å². The smallest absolute Gasteiger partial charge is 0.298 e. The molecule has 0 bridgehead atoms. The van der Waals surface area contributed by atoms with E-state index in [1.54, 1.807) is 12.1 Å². The van der Waals surface area contributed by atoms with Crippen LogP contribution >= 0.6 is 11.6 Å². The molecule has 0 spiro atoms. The molecular formula is C21H21ClFN3O2. The molecule has 1 atom stereocenters. The van der Waals surface area contributed by atoms with Crippen molar-refractivity contribution in [1.82, 2.24) is 10.3 Å². The lowest BCUT2D eigenvalue weighted by atomic mass is 10.1. The van der Waals surface area contributed by atoms with Crippen LogP contribution in [0.25, 0.3) is 11.1 Å². The molecule has 1 aliphatic heterocycles. The summed E-state index contributed by atoms with van der Waals surface area (Å²) in [5.74, 6) is -0.498. The van der Waals surface area contributed by atoms with E-state index < -0.39 is 0 Å². The van der Waals surface area contributed by atoms with Crippen LogP contribution in [0, 0.1) is 5.82 Å². The number of nitrogens with zero attached hydrogens (tertiary/aromatic N) is 2. The van der Waals surface area contributed by atoms with E-state index in [2.05, 4.69) is 15.2 Å². The molecule has 1 aromatic heterocycles. The summed E-state index contributed by atoms with van der Waals surface area (Å²) in [6.45, 7) is 1.35. The third kappa shape index (κ3) is 3.97. The Morgan fingerprint density at radius 1 is 1.29 bits per heavy atom. The molecule has 28 heavy (non-hydrogen) atoms. The van der Waals surface area contributed by atoms with E-state index in [-0.39, 0.29) is 30.6 Å². The zero-order chi connectivity index (χ0) is 19.5. The fourth-order valence-electron chi connectivity index (χ4n) is 3.61. The van der Waals surface area contributed by atoms with Gasteiger partial charge in [-0.3, -0.25) is 4.79 Å². The summed E-state index contributed by atoms with van der Waals surface area (Å²) in [7, 11) is 0. The number of hydrogen-bond acceptors (Lipinski definition) is 4. The van der Waals surface area contributed by atoms with Crippen molar-refractivity contribution in [3.05, 3.63) is 58.9 Å². The number of para-hydroxylation sites is 2. The topological polar surface area (TPSA) is 58.4 Å². The number of benzene rings is 2. The van der Waals surface area contributed by atoms with Crippen LogP contribution in [0.15, 0.2) is 46.9 Å². The molecular weight excluding hydrogens is 381 g/mol. The van der Waals surface area contributed by atoms with E-state index in [9.17, 15) is 9.18 Å². The first kappa shape index (κ1) is 18.7. The Morgan fingerprint density at radius 3 is 2.96 bits per heavy atom. The number of rotatable bonds is 6. The molecule has 1 saturated heterocycles. The largest absolute Gasteiger partial charge is 0.423 e. The van der Waals surface area contributed by atoms with Crippen LogP contribution in [-0.4, -0.2) is 30.0 Å². The monoisotopic (exact) mass is 401 g/mol. The van der Waals surface area contributed by atoms with E-state index in [1.165, 1.54) is 6.07 Å². The maximum Gasteiger partial charge on any atom is 0.298 e. The van der Waals surface area contributed by atoms with E-state index in [1.807, 2.05) is 24.3 Å². The minimum absolute atomic E-state index is 0.122. The molecule has 0 aliphatic carbocycles. The standard InChI is InChI=1S/C21H21ClFN3O2/c22-16-6-3-7-17(23)15(16)10-11-20(27)24-13-14-5-4-12-26(14)21-25-18-8-1-2-9-19(18)28-21/h1-3,6-9,14H,4-5,10-13H2,(H,24,27). The average molecular weight is 402 g/mol. The maximum absolute atomic E-state index is 13.8. The van der Waals surface area contributed by atoms with Gasteiger partial charge in [0.1, 0.15) is 11.3 Å². The average Bonchev–Trinajstić information content (AvgIpc) is 3.32. The first-order valence-corrected chi connectivity index (χ1v) is 9.81. The highest BCUT2D eigenvalue weighted by atomic mass is 35.5. The molecule has 1 fully saturated rings. The molecule has 1 amide bonds. The van der Waals surface area contributed by atoms with Gasteiger partial charge >= 0.3 is 0 Å². The third-order valence-corrected chi connectivity index (χ3v) is 5.46. The molecule has 5 nitrogen and oxygen atoms in total. The number of amides is 1. The summed E-state index contributed by atoms with van der Waals surface area (Å²) in [4.78, 5) is 18.9. The second kappa shape index (κ2) is 8.19. The number of nitrogens with one attached hydrogen (secondary N) is 1. The van der Waals surface area contributed by atoms with Crippen molar-refractivity contribution >= 4 is 34.6 Å². The van der Waals surface area contributed by atoms with Crippen LogP contribution in [0.4, 0.5) is 10.4 Å². The molecule has 146 valence electrons. The Hall–Kier alpha value is -2.60. The van der Waals surface area contributed by atoms with Crippen molar-refractivity contribution < 1.29 is 13.6 Å². The van der Waals surface area contributed by atoms with Gasteiger partial charge in [-0.05, 0) is 43.5 Å². The quantitative estimate of drug-likeness (QED) is 0.667. The van der Waals surface area contributed by atoms with Gasteiger partial charge in [0.15, 0.2) is 5.58 Å². The highest BCUT2D eigenvalue weighted by molar-refractivity contribution is 6.31. The maximum atomic E-state index is 13.8. The SMILES string of the molecule is O=C(CCc1c(F)cccc1Cl)NCC1CCCN1c1nc2ccccc2o1. The minimum Gasteiger partial charge on any atom is -0.423 e. The fourth-order valence-corrected chi connectivity index (χ4v) is 3.87. The molecule has 2 aromatic carbocycles. The zero-order valence-electron chi connectivity index (χ0n) is 15.3. The van der Waals surface area contributed by atoms with Crippen molar-refractivity contribution in [3.8, 4) is 0 Å². The predicted octanol–water partition coefficient (Wildman–Crippen LogP) is 4.34. The minimum atomic E-state index is -0.377. The van der Waals surface area contributed by atoms with Crippen molar-refractivity contribution in [2.75, 3.05) is 18.0 Å². The van der Waals surface area contributed by atoms with Gasteiger partial charge in [-0.2, -0.15) is 4.98 Å². The number of halogens is 2. The summed E-state index contributed by atoms with van der Waals surface area (Å²) in [5.41, 5.74) is 1.97. The zero-order valence-corrected chi connectivity index (χ0v) is 16.1. The molecule has 4 rings (SSSR count). The lowest BCUT2D eigenvalue weighted by molar-refractivity contribution is -0.121. The Kier molecular flexibility index (Phi) is 5.48. The van der Waals surface area contributed by atoms with Gasteiger partial charge in [0.05, 0.1) is 6.04 Å². The number of anilines is 1. The van der Waals surface area contributed by atoms with E-state index in [4.69, 9.17) is 16.0 Å². The summed E-state index contributed by atoms with van der Waals surface area (Å²) in [5, 5.41) is 3.30. The van der Waals surface area contributed by atoms with Gasteiger partial charge < -0.3 is 14.6 Å². The molecule has 3 aromatic rings. The van der Waals surface area contributed by atoms with Crippen LogP contribution in [0.5, 0.6) is 0 Å². The number of aromatic nitrogens is 1. The molecule has 1 aliphatic rings. The van der Waals surface area contributed by atoms with Gasteiger partial charge in [-0.15, -0.1) is 0 Å². The first-order chi connectivity index (χ1) is 13.6. The summed E-state index contributed by atoms with van der Waals surface area (Å²) < 4.78 is 19.7. The number of oxazole rings is 1. The number of fused-ring (bicyclic) bond motifs is 1. The van der Waals surface area contributed by atoms with E-state index in [0.29, 0.717) is 23.1 Å². The lowest BCUT2D eigenvalue weighted by Gasteiger charge is -2.23. The van der Waals surface area contributed by atoms with Crippen molar-refractivity contribution in [3.63, 3.8) is 0 Å². The molecule has 1 N–H and O–H groups in total. The highest BCUT2D eigenvalue weighted by Crippen LogP contribution is 2.28. The van der Waals surface area contributed by atoms with Gasteiger partial charge in [0.2, 0.25) is 5.91 Å². The van der Waals surface area contributed by atoms with Crippen molar-refractivity contribution in [2.45, 2.75) is 31.7 Å². The Labute approximate surface area is 167 Å². The van der Waals surface area contributed by atoms with Gasteiger partial charge in [0.25, 0.3) is 6.01 Å².